The van der Waals surface area contributed by atoms with Crippen LogP contribution in [0.1, 0.15) is 41.7 Å². The van der Waals surface area contributed by atoms with Gasteiger partial charge in [0.05, 0.1) is 28.1 Å². The maximum absolute atomic E-state index is 12.6. The number of rotatable bonds is 2. The van der Waals surface area contributed by atoms with Gasteiger partial charge in [0, 0.05) is 19.5 Å². The van der Waals surface area contributed by atoms with Gasteiger partial charge < -0.3 is 14.7 Å². The Morgan fingerprint density at radius 3 is 3.00 bits per heavy atom. The third kappa shape index (κ3) is 4.31. The van der Waals surface area contributed by atoms with E-state index in [0.29, 0.717) is 24.4 Å². The highest BCUT2D eigenvalue weighted by Crippen LogP contribution is 2.24. The normalized spacial score (nSPS) is 20.8. The summed E-state index contributed by atoms with van der Waals surface area (Å²) in [5.41, 5.74) is -0.311. The lowest BCUT2D eigenvalue weighted by atomic mass is 10.1. The highest BCUT2D eigenvalue weighted by Gasteiger charge is 2.34. The van der Waals surface area contributed by atoms with Gasteiger partial charge >= 0.3 is 0 Å². The van der Waals surface area contributed by atoms with E-state index < -0.39 is 0 Å². The molecule has 0 radical (unpaired) electrons. The smallest absolute Gasteiger partial charge is 0.264 e. The van der Waals surface area contributed by atoms with Crippen LogP contribution in [0.25, 0.3) is 0 Å². The largest absolute Gasteiger partial charge is 0.395 e. The number of hydrogen-bond donors (Lipinski definition) is 1. The van der Waals surface area contributed by atoms with Gasteiger partial charge in [-0.3, -0.25) is 4.79 Å². The molecule has 2 rings (SSSR count). The second kappa shape index (κ2) is 6.61. The minimum Gasteiger partial charge on any atom is -0.395 e. The van der Waals surface area contributed by atoms with E-state index in [4.69, 9.17) is 9.84 Å². The molecule has 1 N–H and O–H groups in total. The van der Waals surface area contributed by atoms with Crippen LogP contribution < -0.4 is 0 Å². The van der Waals surface area contributed by atoms with Crippen molar-refractivity contribution in [2.24, 2.45) is 0 Å². The molecule has 0 saturated carbocycles. The van der Waals surface area contributed by atoms with E-state index in [1.807, 2.05) is 37.8 Å². The fourth-order valence-corrected chi connectivity index (χ4v) is 3.34. The van der Waals surface area contributed by atoms with Gasteiger partial charge in [-0.05, 0) is 32.9 Å². The second-order valence-electron chi connectivity index (χ2n) is 5.81. The molecule has 1 saturated heterocycles. The predicted octanol–water partition coefficient (Wildman–Crippen LogP) is 2.12. The summed E-state index contributed by atoms with van der Waals surface area (Å²) in [7, 11) is 0. The molecule has 1 aliphatic heterocycles. The minimum atomic E-state index is -0.311. The Hall–Kier alpha value is -1.35. The van der Waals surface area contributed by atoms with Gasteiger partial charge in [-0.25, -0.2) is 0 Å². The summed E-state index contributed by atoms with van der Waals surface area (Å²) < 4.78 is 5.82. The molecule has 5 heteroatoms. The van der Waals surface area contributed by atoms with Crippen LogP contribution in [-0.2, 0) is 4.74 Å². The number of carbonyl (C=O) groups excluding carboxylic acids is 1. The first-order valence-electron chi connectivity index (χ1n) is 7.08. The molecule has 4 nitrogen and oxygen atoms in total. The Morgan fingerprint density at radius 2 is 2.33 bits per heavy atom. The first kappa shape index (κ1) is 16.0. The van der Waals surface area contributed by atoms with Crippen molar-refractivity contribution < 1.29 is 14.6 Å². The number of ether oxygens (including phenoxy) is 1. The molecule has 1 atom stereocenters. The maximum Gasteiger partial charge on any atom is 0.264 e. The topological polar surface area (TPSA) is 49.8 Å². The van der Waals surface area contributed by atoms with Crippen molar-refractivity contribution in [3.63, 3.8) is 0 Å². The molecular formula is C16H21NO3S. The van der Waals surface area contributed by atoms with Crippen LogP contribution in [0.4, 0.5) is 0 Å². The van der Waals surface area contributed by atoms with Gasteiger partial charge in [0.2, 0.25) is 0 Å². The van der Waals surface area contributed by atoms with E-state index >= 15 is 0 Å². The molecule has 21 heavy (non-hydrogen) atoms. The summed E-state index contributed by atoms with van der Waals surface area (Å²) in [5.74, 6) is 5.87. The molecule has 1 aromatic rings. The van der Waals surface area contributed by atoms with Crippen LogP contribution in [-0.4, -0.2) is 47.3 Å². The molecule has 1 aromatic heterocycles. The van der Waals surface area contributed by atoms with Crippen LogP contribution in [0.3, 0.4) is 0 Å². The first-order chi connectivity index (χ1) is 9.91. The number of thiophene rings is 1. The van der Waals surface area contributed by atoms with Crippen LogP contribution in [0.15, 0.2) is 12.1 Å². The molecule has 1 aliphatic rings. The van der Waals surface area contributed by atoms with E-state index in [1.165, 1.54) is 11.3 Å². The third-order valence-corrected chi connectivity index (χ3v) is 4.11. The van der Waals surface area contributed by atoms with E-state index in [2.05, 4.69) is 11.8 Å². The number of hydrogen-bond acceptors (Lipinski definition) is 4. The van der Waals surface area contributed by atoms with Crippen molar-refractivity contribution in [1.29, 1.82) is 0 Å². The van der Waals surface area contributed by atoms with E-state index in [0.717, 1.165) is 4.88 Å². The van der Waals surface area contributed by atoms with E-state index in [-0.39, 0.29) is 24.2 Å². The summed E-state index contributed by atoms with van der Waals surface area (Å²) >= 11 is 1.40. The molecule has 0 bridgehead atoms. The second-order valence-corrected chi connectivity index (χ2v) is 6.90. The van der Waals surface area contributed by atoms with E-state index in [1.54, 1.807) is 0 Å². The zero-order valence-corrected chi connectivity index (χ0v) is 13.5. The Morgan fingerprint density at radius 1 is 1.57 bits per heavy atom. The van der Waals surface area contributed by atoms with Crippen LogP contribution in [0.2, 0.25) is 0 Å². The van der Waals surface area contributed by atoms with Crippen molar-refractivity contribution in [3.8, 4) is 11.8 Å². The lowest BCUT2D eigenvalue weighted by molar-refractivity contribution is -0.118. The van der Waals surface area contributed by atoms with Gasteiger partial charge in [-0.2, -0.15) is 0 Å². The number of aliphatic hydroxyl groups is 1. The highest BCUT2D eigenvalue weighted by atomic mass is 32.1. The van der Waals surface area contributed by atoms with Crippen molar-refractivity contribution in [2.75, 3.05) is 19.7 Å². The van der Waals surface area contributed by atoms with Crippen LogP contribution in [0, 0.1) is 11.8 Å². The maximum atomic E-state index is 12.6. The molecule has 1 amide bonds. The fourth-order valence-electron chi connectivity index (χ4n) is 2.49. The van der Waals surface area contributed by atoms with Gasteiger partial charge in [0.1, 0.15) is 0 Å². The fraction of sp³-hybridized carbons (Fsp3) is 0.562. The van der Waals surface area contributed by atoms with Crippen molar-refractivity contribution in [1.82, 2.24) is 4.90 Å². The van der Waals surface area contributed by atoms with Crippen molar-refractivity contribution in [3.05, 3.63) is 21.9 Å². The monoisotopic (exact) mass is 307 g/mol. The van der Waals surface area contributed by atoms with Crippen LogP contribution in [0.5, 0.6) is 0 Å². The van der Waals surface area contributed by atoms with Gasteiger partial charge in [-0.15, -0.1) is 11.3 Å². The predicted molar refractivity (Wildman–Crippen MR) is 83.4 cm³/mol. The lowest BCUT2D eigenvalue weighted by Gasteiger charge is -2.41. The Labute approximate surface area is 129 Å². The average Bonchev–Trinajstić information content (AvgIpc) is 2.84. The molecule has 0 spiro atoms. The van der Waals surface area contributed by atoms with Gasteiger partial charge in [0.25, 0.3) is 5.91 Å². The summed E-state index contributed by atoms with van der Waals surface area (Å²) in [6.45, 7) is 7.27. The molecule has 2 heterocycles. The number of nitrogens with zero attached hydrogens (tertiary/aromatic N) is 1. The van der Waals surface area contributed by atoms with Gasteiger partial charge in [0.15, 0.2) is 0 Å². The quantitative estimate of drug-likeness (QED) is 0.852. The van der Waals surface area contributed by atoms with Gasteiger partial charge in [-0.1, -0.05) is 11.8 Å². The molecule has 1 unspecified atom stereocenters. The van der Waals surface area contributed by atoms with E-state index in [9.17, 15) is 4.79 Å². The SMILES string of the molecule is CC1CN(C(=O)c2ccc(C#CCCO)s2)CC(C)(C)O1. The molecule has 114 valence electrons. The molecule has 1 fully saturated rings. The summed E-state index contributed by atoms with van der Waals surface area (Å²) in [5, 5.41) is 8.71. The Balaban J connectivity index is 2.08. The van der Waals surface area contributed by atoms with Crippen molar-refractivity contribution >= 4 is 17.2 Å². The standard InChI is InChI=1S/C16H21NO3S/c1-12-10-17(11-16(2,3)20-12)15(19)14-8-7-13(21-14)6-4-5-9-18/h7-8,12,18H,5,9-11H2,1-3H3. The summed E-state index contributed by atoms with van der Waals surface area (Å²) in [6, 6.07) is 3.68. The minimum absolute atomic E-state index is 0.0402. The first-order valence-corrected chi connectivity index (χ1v) is 7.89. The average molecular weight is 307 g/mol. The number of amides is 1. The number of aliphatic hydroxyl groups excluding tert-OH is 1. The number of carbonyl (C=O) groups is 1. The van der Waals surface area contributed by atoms with Crippen molar-refractivity contribution in [2.45, 2.75) is 38.9 Å². The van der Waals surface area contributed by atoms with Crippen LogP contribution >= 0.6 is 11.3 Å². The molecule has 0 aromatic carbocycles. The lowest BCUT2D eigenvalue weighted by Crippen LogP contribution is -2.53. The number of morpholine rings is 1. The summed E-state index contributed by atoms with van der Waals surface area (Å²) in [4.78, 5) is 16.0. The summed E-state index contributed by atoms with van der Waals surface area (Å²) in [6.07, 6.45) is 0.498. The zero-order chi connectivity index (χ0) is 15.5. The Bertz CT molecular complexity index is 568. The Kier molecular flexibility index (Phi) is 5.04. The third-order valence-electron chi connectivity index (χ3n) is 3.12. The highest BCUT2D eigenvalue weighted by molar-refractivity contribution is 7.14. The zero-order valence-electron chi connectivity index (χ0n) is 12.7. The molecule has 0 aliphatic carbocycles. The molecular weight excluding hydrogens is 286 g/mol.